The largest absolute Gasteiger partial charge is 0.428 e. The number of nitrogens with one attached hydrogen (secondary N) is 1. The Morgan fingerprint density at radius 3 is 2.89 bits per heavy atom. The van der Waals surface area contributed by atoms with Crippen LogP contribution in [0.1, 0.15) is 17.0 Å². The zero-order chi connectivity index (χ0) is 13.4. The summed E-state index contributed by atoms with van der Waals surface area (Å²) in [7, 11) is 0. The second-order valence-electron chi connectivity index (χ2n) is 4.57. The topological polar surface area (TPSA) is 55.1 Å². The fourth-order valence-corrected chi connectivity index (χ4v) is 3.24. The van der Waals surface area contributed by atoms with Crippen LogP contribution in [0.4, 0.5) is 6.01 Å². The maximum absolute atomic E-state index is 12.2. The van der Waals surface area contributed by atoms with E-state index in [1.54, 1.807) is 11.8 Å². The highest BCUT2D eigenvalue weighted by molar-refractivity contribution is 8.01. The molecule has 0 radical (unpaired) electrons. The predicted molar refractivity (Wildman–Crippen MR) is 74.4 cm³/mol. The average Bonchev–Trinajstić information content (AvgIpc) is 2.93. The summed E-state index contributed by atoms with van der Waals surface area (Å²) >= 11 is 1.59. The van der Waals surface area contributed by atoms with Gasteiger partial charge in [-0.15, -0.1) is 11.8 Å². The number of aromatic nitrogens is 1. The molecule has 2 aromatic rings. The van der Waals surface area contributed by atoms with Crippen molar-refractivity contribution >= 4 is 23.7 Å². The molecular formula is C14H14N2O2S. The maximum Gasteiger partial charge on any atom is 0.301 e. The van der Waals surface area contributed by atoms with Gasteiger partial charge < -0.3 is 4.42 Å². The number of rotatable bonds is 2. The van der Waals surface area contributed by atoms with Gasteiger partial charge >= 0.3 is 6.01 Å². The summed E-state index contributed by atoms with van der Waals surface area (Å²) in [5.74, 6) is 0.681. The minimum Gasteiger partial charge on any atom is -0.428 e. The molecule has 19 heavy (non-hydrogen) atoms. The van der Waals surface area contributed by atoms with E-state index in [0.29, 0.717) is 0 Å². The predicted octanol–water partition coefficient (Wildman–Crippen LogP) is 2.95. The van der Waals surface area contributed by atoms with Gasteiger partial charge in [-0.2, -0.15) is 4.98 Å². The fourth-order valence-electron chi connectivity index (χ4n) is 2.04. The Balaban J connectivity index is 1.70. The Hall–Kier alpha value is -1.75. The molecule has 1 amide bonds. The number of hydrogen-bond acceptors (Lipinski definition) is 4. The fraction of sp³-hybridized carbons (Fsp3) is 0.286. The summed E-state index contributed by atoms with van der Waals surface area (Å²) in [5, 5.41) is 2.64. The molecule has 3 rings (SSSR count). The number of amides is 1. The van der Waals surface area contributed by atoms with Crippen molar-refractivity contribution < 1.29 is 9.21 Å². The van der Waals surface area contributed by atoms with Gasteiger partial charge in [0.2, 0.25) is 5.91 Å². The normalized spacial score (nSPS) is 17.3. The lowest BCUT2D eigenvalue weighted by Gasteiger charge is -2.06. The number of carbonyl (C=O) groups is 1. The third-order valence-electron chi connectivity index (χ3n) is 3.20. The zero-order valence-electron chi connectivity index (χ0n) is 10.8. The number of hydrogen-bond donors (Lipinski definition) is 1. The minimum atomic E-state index is -0.107. The standard InChI is InChI=1S/C14H14N2O2S/c1-8-9(2)18-14(15-8)16-13(17)12-7-10-5-3-4-6-11(10)19-12/h3-6,12H,7H2,1-2H3,(H,15,16,17)/t12-/m0/s1. The lowest BCUT2D eigenvalue weighted by molar-refractivity contribution is -0.115. The third kappa shape index (κ3) is 2.38. The molecule has 1 N–H and O–H groups in total. The van der Waals surface area contributed by atoms with Crippen LogP contribution in [0.3, 0.4) is 0 Å². The van der Waals surface area contributed by atoms with E-state index in [1.807, 2.05) is 32.0 Å². The molecule has 0 aliphatic carbocycles. The van der Waals surface area contributed by atoms with E-state index < -0.39 is 0 Å². The summed E-state index contributed by atoms with van der Waals surface area (Å²) in [4.78, 5) is 17.5. The second-order valence-corrected chi connectivity index (χ2v) is 5.81. The van der Waals surface area contributed by atoms with Crippen LogP contribution in [0.15, 0.2) is 33.6 Å². The molecule has 1 aliphatic heterocycles. The number of thioether (sulfide) groups is 1. The minimum absolute atomic E-state index is 0.0533. The molecule has 1 atom stereocenters. The average molecular weight is 274 g/mol. The van der Waals surface area contributed by atoms with Gasteiger partial charge in [0.05, 0.1) is 10.9 Å². The number of aryl methyl sites for hydroxylation is 2. The first-order chi connectivity index (χ1) is 9.13. The van der Waals surface area contributed by atoms with Crippen LogP contribution in [0.25, 0.3) is 0 Å². The van der Waals surface area contributed by atoms with Crippen molar-refractivity contribution in [1.29, 1.82) is 0 Å². The van der Waals surface area contributed by atoms with E-state index in [2.05, 4.69) is 16.4 Å². The molecule has 0 bridgehead atoms. The van der Waals surface area contributed by atoms with Gasteiger partial charge in [-0.1, -0.05) is 18.2 Å². The highest BCUT2D eigenvalue weighted by atomic mass is 32.2. The molecule has 1 aliphatic rings. The number of anilines is 1. The van der Waals surface area contributed by atoms with Crippen LogP contribution in [-0.2, 0) is 11.2 Å². The summed E-state index contributed by atoms with van der Waals surface area (Å²) in [6, 6.07) is 8.39. The quantitative estimate of drug-likeness (QED) is 0.914. The summed E-state index contributed by atoms with van der Waals surface area (Å²) in [6.07, 6.45) is 0.755. The van der Waals surface area contributed by atoms with E-state index in [4.69, 9.17) is 4.42 Å². The van der Waals surface area contributed by atoms with E-state index in [0.717, 1.165) is 17.9 Å². The van der Waals surface area contributed by atoms with Gasteiger partial charge in [0.25, 0.3) is 0 Å². The molecule has 4 nitrogen and oxygen atoms in total. The molecule has 2 heterocycles. The van der Waals surface area contributed by atoms with E-state index >= 15 is 0 Å². The number of benzene rings is 1. The van der Waals surface area contributed by atoms with Crippen LogP contribution < -0.4 is 5.32 Å². The first-order valence-corrected chi connectivity index (χ1v) is 7.01. The van der Waals surface area contributed by atoms with E-state index in [9.17, 15) is 4.79 Å². The molecule has 0 unspecified atom stereocenters. The SMILES string of the molecule is Cc1nc(NC(=O)[C@@H]2Cc3ccccc3S2)oc1C. The molecule has 0 fully saturated rings. The van der Waals surface area contributed by atoms with Crippen LogP contribution in [0.2, 0.25) is 0 Å². The van der Waals surface area contributed by atoms with Gasteiger partial charge in [0, 0.05) is 4.90 Å². The van der Waals surface area contributed by atoms with Crippen molar-refractivity contribution in [2.24, 2.45) is 0 Å². The highest BCUT2D eigenvalue weighted by Crippen LogP contribution is 2.37. The Kier molecular flexibility index (Phi) is 3.06. The van der Waals surface area contributed by atoms with Crippen molar-refractivity contribution in [3.05, 3.63) is 41.3 Å². The first-order valence-electron chi connectivity index (χ1n) is 6.13. The van der Waals surface area contributed by atoms with Gasteiger partial charge in [-0.05, 0) is 31.9 Å². The van der Waals surface area contributed by atoms with Crippen molar-refractivity contribution in [3.8, 4) is 0 Å². The smallest absolute Gasteiger partial charge is 0.301 e. The number of carbonyl (C=O) groups excluding carboxylic acids is 1. The lowest BCUT2D eigenvalue weighted by atomic mass is 10.1. The maximum atomic E-state index is 12.2. The Labute approximate surface area is 115 Å². The number of oxazole rings is 1. The summed E-state index contributed by atoms with van der Waals surface area (Å²) in [6.45, 7) is 3.69. The van der Waals surface area contributed by atoms with E-state index in [1.165, 1.54) is 10.5 Å². The molecular weight excluding hydrogens is 260 g/mol. The molecule has 5 heteroatoms. The van der Waals surface area contributed by atoms with E-state index in [-0.39, 0.29) is 17.2 Å². The van der Waals surface area contributed by atoms with Gasteiger partial charge in [-0.25, -0.2) is 0 Å². The van der Waals surface area contributed by atoms with Crippen molar-refractivity contribution in [2.75, 3.05) is 5.32 Å². The Morgan fingerprint density at radius 2 is 2.21 bits per heavy atom. The molecule has 98 valence electrons. The van der Waals surface area contributed by atoms with Gasteiger partial charge in [0.1, 0.15) is 5.76 Å². The Bertz CT molecular complexity index is 592. The summed E-state index contributed by atoms with van der Waals surface area (Å²) < 4.78 is 5.37. The first kappa shape index (κ1) is 12.3. The van der Waals surface area contributed by atoms with Crippen LogP contribution in [0, 0.1) is 13.8 Å². The van der Waals surface area contributed by atoms with Crippen LogP contribution in [-0.4, -0.2) is 16.1 Å². The zero-order valence-corrected chi connectivity index (χ0v) is 11.6. The highest BCUT2D eigenvalue weighted by Gasteiger charge is 2.28. The molecule has 1 aromatic heterocycles. The monoisotopic (exact) mass is 274 g/mol. The molecule has 0 saturated carbocycles. The van der Waals surface area contributed by atoms with Gasteiger partial charge in [0.15, 0.2) is 0 Å². The molecule has 0 spiro atoms. The molecule has 0 saturated heterocycles. The van der Waals surface area contributed by atoms with Crippen molar-refractivity contribution in [1.82, 2.24) is 4.98 Å². The van der Waals surface area contributed by atoms with Gasteiger partial charge in [-0.3, -0.25) is 10.1 Å². The van der Waals surface area contributed by atoms with Crippen LogP contribution in [0.5, 0.6) is 0 Å². The van der Waals surface area contributed by atoms with Crippen molar-refractivity contribution in [3.63, 3.8) is 0 Å². The number of fused-ring (bicyclic) bond motifs is 1. The summed E-state index contributed by atoms with van der Waals surface area (Å²) in [5.41, 5.74) is 2.03. The Morgan fingerprint density at radius 1 is 1.42 bits per heavy atom. The third-order valence-corrected chi connectivity index (χ3v) is 4.52. The lowest BCUT2D eigenvalue weighted by Crippen LogP contribution is -2.24. The second kappa shape index (κ2) is 4.74. The van der Waals surface area contributed by atoms with Crippen molar-refractivity contribution in [2.45, 2.75) is 30.4 Å². The number of nitrogens with zero attached hydrogens (tertiary/aromatic N) is 1. The van der Waals surface area contributed by atoms with Crippen LogP contribution >= 0.6 is 11.8 Å². The molecule has 1 aromatic carbocycles.